The van der Waals surface area contributed by atoms with Crippen molar-refractivity contribution in [1.82, 2.24) is 0 Å². The summed E-state index contributed by atoms with van der Waals surface area (Å²) >= 11 is 9.34. The lowest BCUT2D eigenvalue weighted by atomic mass is 9.83. The average molecular weight is 304 g/mol. The van der Waals surface area contributed by atoms with Crippen molar-refractivity contribution in [3.63, 3.8) is 0 Å². The molecule has 0 amide bonds. The molecule has 1 fully saturated rings. The number of hydrogen-bond donors (Lipinski definition) is 1. The highest BCUT2D eigenvalue weighted by atomic mass is 79.9. The van der Waals surface area contributed by atoms with Crippen molar-refractivity contribution < 1.29 is 5.11 Å². The van der Waals surface area contributed by atoms with Crippen LogP contribution in [0.5, 0.6) is 0 Å². The SMILES string of the molecule is OC(c1ccc(Cl)c(Br)c1)C1CCCCC1. The van der Waals surface area contributed by atoms with Crippen molar-refractivity contribution >= 4 is 27.5 Å². The molecule has 1 unspecified atom stereocenters. The molecular formula is C13H16BrClO. The molecule has 0 aliphatic heterocycles. The summed E-state index contributed by atoms with van der Waals surface area (Å²) in [5.41, 5.74) is 0.975. The maximum atomic E-state index is 10.3. The number of aliphatic hydroxyl groups excluding tert-OH is 1. The lowest BCUT2D eigenvalue weighted by Crippen LogP contribution is -2.15. The Labute approximate surface area is 110 Å². The van der Waals surface area contributed by atoms with Gasteiger partial charge in [-0.2, -0.15) is 0 Å². The molecule has 0 saturated heterocycles. The van der Waals surface area contributed by atoms with E-state index < -0.39 is 0 Å². The molecule has 16 heavy (non-hydrogen) atoms. The van der Waals surface area contributed by atoms with Crippen LogP contribution in [0.25, 0.3) is 0 Å². The third-order valence-electron chi connectivity index (χ3n) is 3.38. The van der Waals surface area contributed by atoms with Crippen molar-refractivity contribution in [3.8, 4) is 0 Å². The van der Waals surface area contributed by atoms with Gasteiger partial charge in [0.2, 0.25) is 0 Å². The molecule has 1 aromatic carbocycles. The Morgan fingerprint density at radius 2 is 1.94 bits per heavy atom. The van der Waals surface area contributed by atoms with Crippen LogP contribution in [0.3, 0.4) is 0 Å². The summed E-state index contributed by atoms with van der Waals surface area (Å²) < 4.78 is 0.863. The van der Waals surface area contributed by atoms with Crippen LogP contribution >= 0.6 is 27.5 Å². The van der Waals surface area contributed by atoms with Gasteiger partial charge < -0.3 is 5.11 Å². The minimum absolute atomic E-state index is 0.339. The van der Waals surface area contributed by atoms with Crippen LogP contribution in [0.1, 0.15) is 43.8 Å². The van der Waals surface area contributed by atoms with Gasteiger partial charge in [0.05, 0.1) is 11.1 Å². The molecule has 1 aliphatic rings. The van der Waals surface area contributed by atoms with E-state index >= 15 is 0 Å². The van der Waals surface area contributed by atoms with E-state index in [2.05, 4.69) is 15.9 Å². The van der Waals surface area contributed by atoms with Gasteiger partial charge in [0.25, 0.3) is 0 Å². The lowest BCUT2D eigenvalue weighted by molar-refractivity contribution is 0.0848. The Hall–Kier alpha value is -0.0500. The highest BCUT2D eigenvalue weighted by Crippen LogP contribution is 2.36. The Morgan fingerprint density at radius 3 is 2.56 bits per heavy atom. The second-order valence-corrected chi connectivity index (χ2v) is 5.78. The third-order valence-corrected chi connectivity index (χ3v) is 4.60. The fourth-order valence-corrected chi connectivity index (χ4v) is 2.93. The first kappa shape index (κ1) is 12.4. The molecule has 1 atom stereocenters. The third kappa shape index (κ3) is 2.79. The number of hydrogen-bond acceptors (Lipinski definition) is 1. The molecule has 88 valence electrons. The average Bonchev–Trinajstić information content (AvgIpc) is 2.33. The molecule has 3 heteroatoms. The molecule has 1 saturated carbocycles. The summed E-state index contributed by atoms with van der Waals surface area (Å²) in [6.45, 7) is 0. The molecule has 0 aromatic heterocycles. The standard InChI is InChI=1S/C13H16BrClO/c14-11-8-10(6-7-12(11)15)13(16)9-4-2-1-3-5-9/h6-9,13,16H,1-5H2. The highest BCUT2D eigenvalue weighted by molar-refractivity contribution is 9.10. The van der Waals surface area contributed by atoms with Crippen LogP contribution < -0.4 is 0 Å². The molecule has 1 N–H and O–H groups in total. The maximum Gasteiger partial charge on any atom is 0.0818 e. The summed E-state index contributed by atoms with van der Waals surface area (Å²) in [5.74, 6) is 0.418. The van der Waals surface area contributed by atoms with E-state index in [1.807, 2.05) is 18.2 Å². The van der Waals surface area contributed by atoms with E-state index in [1.54, 1.807) is 0 Å². The van der Waals surface area contributed by atoms with E-state index in [0.717, 1.165) is 22.9 Å². The highest BCUT2D eigenvalue weighted by Gasteiger charge is 2.23. The van der Waals surface area contributed by atoms with Gasteiger partial charge in [0.1, 0.15) is 0 Å². The number of aliphatic hydroxyl groups is 1. The van der Waals surface area contributed by atoms with Crippen LogP contribution in [-0.4, -0.2) is 5.11 Å². The van der Waals surface area contributed by atoms with Gasteiger partial charge in [-0.25, -0.2) is 0 Å². The van der Waals surface area contributed by atoms with Crippen molar-refractivity contribution in [2.45, 2.75) is 38.2 Å². The molecule has 1 aliphatic carbocycles. The summed E-state index contributed by atoms with van der Waals surface area (Å²) in [6.07, 6.45) is 5.75. The normalized spacial score (nSPS) is 19.7. The van der Waals surface area contributed by atoms with Crippen LogP contribution in [0, 0.1) is 5.92 Å². The minimum atomic E-state index is -0.339. The smallest absolute Gasteiger partial charge is 0.0818 e. The first-order valence-electron chi connectivity index (χ1n) is 5.81. The van der Waals surface area contributed by atoms with Crippen LogP contribution in [0.2, 0.25) is 5.02 Å². The molecular weight excluding hydrogens is 287 g/mol. The lowest BCUT2D eigenvalue weighted by Gasteiger charge is -2.27. The van der Waals surface area contributed by atoms with E-state index in [4.69, 9.17) is 11.6 Å². The Balaban J connectivity index is 2.12. The molecule has 0 heterocycles. The van der Waals surface area contributed by atoms with Crippen molar-refractivity contribution in [1.29, 1.82) is 0 Å². The second kappa shape index (κ2) is 5.52. The first-order valence-corrected chi connectivity index (χ1v) is 6.98. The summed E-state index contributed by atoms with van der Waals surface area (Å²) in [4.78, 5) is 0. The molecule has 0 bridgehead atoms. The molecule has 1 nitrogen and oxygen atoms in total. The fraction of sp³-hybridized carbons (Fsp3) is 0.538. The largest absolute Gasteiger partial charge is 0.388 e. The molecule has 2 rings (SSSR count). The summed E-state index contributed by atoms with van der Waals surface area (Å²) in [7, 11) is 0. The van der Waals surface area contributed by atoms with Gasteiger partial charge in [0.15, 0.2) is 0 Å². The van der Waals surface area contributed by atoms with E-state index in [0.29, 0.717) is 10.9 Å². The van der Waals surface area contributed by atoms with Crippen LogP contribution in [0.4, 0.5) is 0 Å². The minimum Gasteiger partial charge on any atom is -0.388 e. The van der Waals surface area contributed by atoms with Gasteiger partial charge in [0, 0.05) is 4.47 Å². The fourth-order valence-electron chi connectivity index (χ4n) is 2.42. The van der Waals surface area contributed by atoms with Crippen LogP contribution in [-0.2, 0) is 0 Å². The first-order chi connectivity index (χ1) is 7.68. The Morgan fingerprint density at radius 1 is 1.25 bits per heavy atom. The summed E-state index contributed by atoms with van der Waals surface area (Å²) in [6, 6.07) is 5.70. The summed E-state index contributed by atoms with van der Waals surface area (Å²) in [5, 5.41) is 11.0. The molecule has 0 radical (unpaired) electrons. The number of halogens is 2. The molecule has 1 aromatic rings. The van der Waals surface area contributed by atoms with E-state index in [-0.39, 0.29) is 6.10 Å². The molecule has 0 spiro atoms. The monoisotopic (exact) mass is 302 g/mol. The Kier molecular flexibility index (Phi) is 4.28. The van der Waals surface area contributed by atoms with Gasteiger partial charge in [-0.3, -0.25) is 0 Å². The topological polar surface area (TPSA) is 20.2 Å². The predicted octanol–water partition coefficient (Wildman–Crippen LogP) is 4.72. The van der Waals surface area contributed by atoms with Crippen molar-refractivity contribution in [2.24, 2.45) is 5.92 Å². The van der Waals surface area contributed by atoms with Crippen molar-refractivity contribution in [3.05, 3.63) is 33.3 Å². The Bertz CT molecular complexity index is 361. The zero-order chi connectivity index (χ0) is 11.5. The predicted molar refractivity (Wildman–Crippen MR) is 70.7 cm³/mol. The number of benzene rings is 1. The second-order valence-electron chi connectivity index (χ2n) is 4.52. The van der Waals surface area contributed by atoms with Gasteiger partial charge in [-0.1, -0.05) is 36.9 Å². The van der Waals surface area contributed by atoms with Gasteiger partial charge in [-0.05, 0) is 52.4 Å². The zero-order valence-corrected chi connectivity index (χ0v) is 11.5. The van der Waals surface area contributed by atoms with Gasteiger partial charge in [-0.15, -0.1) is 0 Å². The van der Waals surface area contributed by atoms with Crippen LogP contribution in [0.15, 0.2) is 22.7 Å². The van der Waals surface area contributed by atoms with E-state index in [9.17, 15) is 5.11 Å². The number of rotatable bonds is 2. The van der Waals surface area contributed by atoms with Gasteiger partial charge >= 0.3 is 0 Å². The maximum absolute atomic E-state index is 10.3. The zero-order valence-electron chi connectivity index (χ0n) is 9.13. The van der Waals surface area contributed by atoms with E-state index in [1.165, 1.54) is 19.3 Å². The van der Waals surface area contributed by atoms with Crippen molar-refractivity contribution in [2.75, 3.05) is 0 Å². The quantitative estimate of drug-likeness (QED) is 0.838.